The Labute approximate surface area is 129 Å². The maximum absolute atomic E-state index is 11.9. The van der Waals surface area contributed by atoms with Crippen LogP contribution in [0.15, 0.2) is 0 Å². The van der Waals surface area contributed by atoms with Gasteiger partial charge < -0.3 is 15.5 Å². The van der Waals surface area contributed by atoms with Crippen molar-refractivity contribution in [2.45, 2.75) is 70.4 Å². The van der Waals surface area contributed by atoms with E-state index in [0.717, 1.165) is 19.5 Å². The summed E-state index contributed by atoms with van der Waals surface area (Å²) >= 11 is 0. The number of likely N-dealkylation sites (tertiary alicyclic amines) is 1. The Morgan fingerprint density at radius 1 is 1.19 bits per heavy atom. The topological polar surface area (TPSA) is 44.4 Å². The second-order valence-corrected chi connectivity index (χ2v) is 7.43. The van der Waals surface area contributed by atoms with Gasteiger partial charge >= 0.3 is 0 Å². The van der Waals surface area contributed by atoms with Crippen LogP contribution in [0, 0.1) is 5.41 Å². The molecule has 3 fully saturated rings. The average Bonchev–Trinajstić information content (AvgIpc) is 2.83. The lowest BCUT2D eigenvalue weighted by Crippen LogP contribution is -2.46. The molecule has 1 unspecified atom stereocenters. The number of rotatable bonds is 4. The molecule has 0 aromatic carbocycles. The first-order valence-electron chi connectivity index (χ1n) is 8.95. The van der Waals surface area contributed by atoms with Crippen molar-refractivity contribution in [3.63, 3.8) is 0 Å². The van der Waals surface area contributed by atoms with Gasteiger partial charge in [-0.2, -0.15) is 0 Å². The first kappa shape index (κ1) is 15.3. The quantitative estimate of drug-likeness (QED) is 0.832. The van der Waals surface area contributed by atoms with Crippen LogP contribution in [-0.4, -0.2) is 49.1 Å². The van der Waals surface area contributed by atoms with Crippen molar-refractivity contribution in [3.05, 3.63) is 0 Å². The van der Waals surface area contributed by atoms with Crippen molar-refractivity contribution in [2.75, 3.05) is 26.2 Å². The molecule has 2 aliphatic heterocycles. The fraction of sp³-hybridized carbons (Fsp3) is 0.941. The first-order chi connectivity index (χ1) is 10.2. The SMILES string of the molecule is CCCN1CC(NC2CCC3(CCNCC3)CC2)CC1=O. The molecule has 1 spiro atoms. The molecule has 0 bridgehead atoms. The molecule has 4 heteroatoms. The second kappa shape index (κ2) is 6.66. The molecule has 21 heavy (non-hydrogen) atoms. The predicted molar refractivity (Wildman–Crippen MR) is 85.2 cm³/mol. The zero-order valence-corrected chi connectivity index (χ0v) is 13.5. The van der Waals surface area contributed by atoms with Crippen LogP contribution in [0.1, 0.15) is 58.3 Å². The molecule has 1 amide bonds. The summed E-state index contributed by atoms with van der Waals surface area (Å²) < 4.78 is 0. The van der Waals surface area contributed by atoms with Crippen LogP contribution in [0.4, 0.5) is 0 Å². The van der Waals surface area contributed by atoms with Crippen LogP contribution in [-0.2, 0) is 4.79 Å². The lowest BCUT2D eigenvalue weighted by atomic mass is 9.67. The standard InChI is InChI=1S/C17H31N3O/c1-2-11-20-13-15(12-16(20)21)19-14-3-5-17(6-4-14)7-9-18-10-8-17/h14-15,18-19H,2-13H2,1H3. The summed E-state index contributed by atoms with van der Waals surface area (Å²) in [6.07, 6.45) is 9.89. The summed E-state index contributed by atoms with van der Waals surface area (Å²) in [7, 11) is 0. The minimum absolute atomic E-state index is 0.347. The molecule has 1 saturated carbocycles. The first-order valence-corrected chi connectivity index (χ1v) is 8.95. The molecule has 120 valence electrons. The molecule has 2 N–H and O–H groups in total. The van der Waals surface area contributed by atoms with E-state index in [9.17, 15) is 4.79 Å². The number of nitrogens with one attached hydrogen (secondary N) is 2. The highest BCUT2D eigenvalue weighted by atomic mass is 16.2. The number of carbonyl (C=O) groups excluding carboxylic acids is 1. The zero-order chi connectivity index (χ0) is 14.7. The predicted octanol–water partition coefficient (Wildman–Crippen LogP) is 1.90. The van der Waals surface area contributed by atoms with Crippen LogP contribution >= 0.6 is 0 Å². The lowest BCUT2D eigenvalue weighted by Gasteiger charge is -2.43. The molecular formula is C17H31N3O. The van der Waals surface area contributed by atoms with E-state index in [1.165, 1.54) is 51.6 Å². The van der Waals surface area contributed by atoms with Crippen LogP contribution in [0.25, 0.3) is 0 Å². The van der Waals surface area contributed by atoms with Gasteiger partial charge in [0, 0.05) is 31.6 Å². The third kappa shape index (κ3) is 3.59. The van der Waals surface area contributed by atoms with Crippen molar-refractivity contribution in [1.29, 1.82) is 0 Å². The third-order valence-corrected chi connectivity index (χ3v) is 5.89. The summed E-state index contributed by atoms with van der Waals surface area (Å²) in [6.45, 7) is 6.42. The van der Waals surface area contributed by atoms with Crippen molar-refractivity contribution >= 4 is 5.91 Å². The van der Waals surface area contributed by atoms with Gasteiger partial charge in [0.15, 0.2) is 0 Å². The Kier molecular flexibility index (Phi) is 4.85. The Morgan fingerprint density at radius 3 is 2.57 bits per heavy atom. The Balaban J connectivity index is 1.44. The van der Waals surface area contributed by atoms with E-state index in [1.807, 2.05) is 4.90 Å². The van der Waals surface area contributed by atoms with Gasteiger partial charge in [-0.25, -0.2) is 0 Å². The van der Waals surface area contributed by atoms with Gasteiger partial charge in [-0.05, 0) is 63.5 Å². The summed E-state index contributed by atoms with van der Waals surface area (Å²) in [5.74, 6) is 0.347. The van der Waals surface area contributed by atoms with E-state index in [2.05, 4.69) is 17.6 Å². The maximum Gasteiger partial charge on any atom is 0.224 e. The van der Waals surface area contributed by atoms with Gasteiger partial charge in [-0.3, -0.25) is 4.79 Å². The highest BCUT2D eigenvalue weighted by molar-refractivity contribution is 5.79. The normalized spacial score (nSPS) is 30.2. The van der Waals surface area contributed by atoms with Crippen molar-refractivity contribution in [1.82, 2.24) is 15.5 Å². The summed E-state index contributed by atoms with van der Waals surface area (Å²) in [5.41, 5.74) is 0.642. The Morgan fingerprint density at radius 2 is 1.90 bits per heavy atom. The lowest BCUT2D eigenvalue weighted by molar-refractivity contribution is -0.127. The van der Waals surface area contributed by atoms with Crippen LogP contribution < -0.4 is 10.6 Å². The number of amides is 1. The fourth-order valence-electron chi connectivity index (χ4n) is 4.56. The minimum Gasteiger partial charge on any atom is -0.341 e. The van der Waals surface area contributed by atoms with Gasteiger partial charge in [0.2, 0.25) is 5.91 Å². The molecule has 3 aliphatic rings. The van der Waals surface area contributed by atoms with Crippen molar-refractivity contribution in [3.8, 4) is 0 Å². The molecule has 2 saturated heterocycles. The third-order valence-electron chi connectivity index (χ3n) is 5.89. The Bertz CT molecular complexity index is 355. The summed E-state index contributed by atoms with van der Waals surface area (Å²) in [4.78, 5) is 14.0. The monoisotopic (exact) mass is 293 g/mol. The van der Waals surface area contributed by atoms with E-state index in [0.29, 0.717) is 29.8 Å². The fourth-order valence-corrected chi connectivity index (χ4v) is 4.56. The minimum atomic E-state index is 0.347. The molecule has 2 heterocycles. The highest BCUT2D eigenvalue weighted by Crippen LogP contribution is 2.43. The number of carbonyl (C=O) groups is 1. The smallest absolute Gasteiger partial charge is 0.224 e. The van der Waals surface area contributed by atoms with Gasteiger partial charge in [0.1, 0.15) is 0 Å². The van der Waals surface area contributed by atoms with Gasteiger partial charge in [0.25, 0.3) is 0 Å². The van der Waals surface area contributed by atoms with Gasteiger partial charge in [-0.15, -0.1) is 0 Å². The molecule has 3 rings (SSSR count). The van der Waals surface area contributed by atoms with E-state index < -0.39 is 0 Å². The van der Waals surface area contributed by atoms with E-state index >= 15 is 0 Å². The van der Waals surface area contributed by atoms with Gasteiger partial charge in [0.05, 0.1) is 0 Å². The molecule has 0 aromatic heterocycles. The highest BCUT2D eigenvalue weighted by Gasteiger charge is 2.37. The number of hydrogen-bond acceptors (Lipinski definition) is 3. The van der Waals surface area contributed by atoms with Crippen molar-refractivity contribution in [2.24, 2.45) is 5.41 Å². The average molecular weight is 293 g/mol. The number of hydrogen-bond donors (Lipinski definition) is 2. The molecular weight excluding hydrogens is 262 g/mol. The number of piperidine rings is 1. The largest absolute Gasteiger partial charge is 0.341 e. The maximum atomic E-state index is 11.9. The molecule has 1 aliphatic carbocycles. The van der Waals surface area contributed by atoms with Gasteiger partial charge in [-0.1, -0.05) is 6.92 Å². The van der Waals surface area contributed by atoms with Crippen LogP contribution in [0.3, 0.4) is 0 Å². The molecule has 1 atom stereocenters. The van der Waals surface area contributed by atoms with E-state index in [4.69, 9.17) is 0 Å². The van der Waals surface area contributed by atoms with Crippen LogP contribution in [0.2, 0.25) is 0 Å². The Hall–Kier alpha value is -0.610. The second-order valence-electron chi connectivity index (χ2n) is 7.43. The van der Waals surface area contributed by atoms with Crippen LogP contribution in [0.5, 0.6) is 0 Å². The number of nitrogens with zero attached hydrogens (tertiary/aromatic N) is 1. The molecule has 0 aromatic rings. The summed E-state index contributed by atoms with van der Waals surface area (Å²) in [6, 6.07) is 1.04. The molecule has 0 radical (unpaired) electrons. The van der Waals surface area contributed by atoms with E-state index in [-0.39, 0.29) is 0 Å². The van der Waals surface area contributed by atoms with E-state index in [1.54, 1.807) is 0 Å². The zero-order valence-electron chi connectivity index (χ0n) is 13.5. The molecule has 4 nitrogen and oxygen atoms in total. The summed E-state index contributed by atoms with van der Waals surface area (Å²) in [5, 5.41) is 7.27. The van der Waals surface area contributed by atoms with Crippen molar-refractivity contribution < 1.29 is 4.79 Å².